The Labute approximate surface area is 161 Å². The Balaban J connectivity index is 1.74. The number of carbonyl (C=O) groups excluding carboxylic acids is 2. The fourth-order valence-electron chi connectivity index (χ4n) is 2.12. The zero-order chi connectivity index (χ0) is 19.6. The van der Waals surface area contributed by atoms with E-state index in [0.717, 1.165) is 5.56 Å². The fraction of sp³-hybridized carbons (Fsp3) is 0.263. The van der Waals surface area contributed by atoms with E-state index in [1.54, 1.807) is 30.3 Å². The van der Waals surface area contributed by atoms with Crippen LogP contribution in [0.25, 0.3) is 0 Å². The molecule has 0 atom stereocenters. The van der Waals surface area contributed by atoms with Crippen LogP contribution < -0.4 is 14.8 Å². The Kier molecular flexibility index (Phi) is 7.94. The highest BCUT2D eigenvalue weighted by Crippen LogP contribution is 2.28. The highest BCUT2D eigenvalue weighted by molar-refractivity contribution is 7.99. The van der Waals surface area contributed by atoms with Gasteiger partial charge in [-0.15, -0.1) is 11.8 Å². The summed E-state index contributed by atoms with van der Waals surface area (Å²) in [5, 5.41) is 2.62. The van der Waals surface area contributed by atoms with Crippen LogP contribution in [-0.2, 0) is 20.1 Å². The molecule has 1 amide bonds. The van der Waals surface area contributed by atoms with Crippen molar-refractivity contribution in [2.75, 3.05) is 31.9 Å². The van der Waals surface area contributed by atoms with Crippen molar-refractivity contribution in [1.82, 2.24) is 0 Å². The second-order valence-electron chi connectivity index (χ2n) is 5.39. The third-order valence-corrected chi connectivity index (χ3v) is 4.42. The smallest absolute Gasteiger partial charge is 0.316 e. The normalized spacial score (nSPS) is 10.2. The van der Waals surface area contributed by atoms with E-state index < -0.39 is 18.5 Å². The first-order chi connectivity index (χ1) is 13.0. The molecule has 0 aromatic heterocycles. The van der Waals surface area contributed by atoms with Crippen LogP contribution in [0.2, 0.25) is 0 Å². The van der Waals surface area contributed by atoms with E-state index in [1.165, 1.54) is 38.1 Å². The summed E-state index contributed by atoms with van der Waals surface area (Å²) in [6.07, 6.45) is 0. The predicted molar refractivity (Wildman–Crippen MR) is 102 cm³/mol. The Bertz CT molecular complexity index is 782. The van der Waals surface area contributed by atoms with Crippen molar-refractivity contribution in [2.45, 2.75) is 5.75 Å². The van der Waals surface area contributed by atoms with Crippen LogP contribution in [0.1, 0.15) is 5.56 Å². The van der Waals surface area contributed by atoms with Gasteiger partial charge in [-0.3, -0.25) is 9.59 Å². The van der Waals surface area contributed by atoms with Gasteiger partial charge in [-0.1, -0.05) is 12.1 Å². The number of rotatable bonds is 9. The third-order valence-electron chi connectivity index (χ3n) is 3.45. The van der Waals surface area contributed by atoms with Crippen molar-refractivity contribution in [3.05, 3.63) is 53.8 Å². The molecule has 0 saturated carbocycles. The number of hydrogen-bond donors (Lipinski definition) is 1. The van der Waals surface area contributed by atoms with Crippen molar-refractivity contribution in [1.29, 1.82) is 0 Å². The molecule has 0 spiro atoms. The molecule has 0 aliphatic heterocycles. The zero-order valence-corrected chi connectivity index (χ0v) is 15.8. The van der Waals surface area contributed by atoms with Crippen LogP contribution in [-0.4, -0.2) is 38.5 Å². The third kappa shape index (κ3) is 6.82. The van der Waals surface area contributed by atoms with Crippen LogP contribution in [0.5, 0.6) is 11.5 Å². The standard InChI is InChI=1S/C19H20FNO5S/c1-24-15-7-8-17(25-2)16(9-15)21-18(22)10-26-19(23)12-27-11-13-3-5-14(20)6-4-13/h3-9H,10-12H2,1-2H3,(H,21,22). The average Bonchev–Trinajstić information content (AvgIpc) is 2.68. The number of thioether (sulfide) groups is 1. The maximum atomic E-state index is 12.8. The van der Waals surface area contributed by atoms with Crippen LogP contribution >= 0.6 is 11.8 Å². The molecule has 144 valence electrons. The number of amides is 1. The molecule has 0 unspecified atom stereocenters. The van der Waals surface area contributed by atoms with Gasteiger partial charge in [-0.05, 0) is 29.8 Å². The summed E-state index contributed by atoms with van der Waals surface area (Å²) >= 11 is 1.32. The highest BCUT2D eigenvalue weighted by atomic mass is 32.2. The van der Waals surface area contributed by atoms with Gasteiger partial charge >= 0.3 is 5.97 Å². The molecule has 0 saturated heterocycles. The maximum Gasteiger partial charge on any atom is 0.316 e. The summed E-state index contributed by atoms with van der Waals surface area (Å²) in [7, 11) is 2.99. The molecule has 6 nitrogen and oxygen atoms in total. The second kappa shape index (κ2) is 10.4. The van der Waals surface area contributed by atoms with Gasteiger partial charge in [-0.25, -0.2) is 4.39 Å². The molecule has 2 aromatic carbocycles. The SMILES string of the molecule is COc1ccc(OC)c(NC(=O)COC(=O)CSCc2ccc(F)cc2)c1. The van der Waals surface area contributed by atoms with E-state index in [-0.39, 0.29) is 11.6 Å². The molecular formula is C19H20FNO5S. The van der Waals surface area contributed by atoms with E-state index in [9.17, 15) is 14.0 Å². The minimum Gasteiger partial charge on any atom is -0.497 e. The van der Waals surface area contributed by atoms with Gasteiger partial charge in [0.2, 0.25) is 0 Å². The number of methoxy groups -OCH3 is 2. The van der Waals surface area contributed by atoms with E-state index in [4.69, 9.17) is 14.2 Å². The van der Waals surface area contributed by atoms with E-state index in [0.29, 0.717) is 22.9 Å². The number of esters is 1. The highest BCUT2D eigenvalue weighted by Gasteiger charge is 2.12. The Morgan fingerprint density at radius 3 is 2.48 bits per heavy atom. The van der Waals surface area contributed by atoms with Gasteiger partial charge in [0.25, 0.3) is 5.91 Å². The van der Waals surface area contributed by atoms with Gasteiger partial charge in [0.1, 0.15) is 17.3 Å². The number of anilines is 1. The largest absolute Gasteiger partial charge is 0.497 e. The number of nitrogens with one attached hydrogen (secondary N) is 1. The first-order valence-electron chi connectivity index (χ1n) is 8.01. The van der Waals surface area contributed by atoms with E-state index >= 15 is 0 Å². The first kappa shape index (κ1) is 20.6. The Hall–Kier alpha value is -2.74. The number of halogens is 1. The summed E-state index contributed by atoms with van der Waals surface area (Å²) in [5.41, 5.74) is 1.32. The number of carbonyl (C=O) groups is 2. The van der Waals surface area contributed by atoms with Gasteiger partial charge < -0.3 is 19.5 Å². The Morgan fingerprint density at radius 1 is 1.07 bits per heavy atom. The summed E-state index contributed by atoms with van der Waals surface area (Å²) in [6.45, 7) is -0.406. The first-order valence-corrected chi connectivity index (χ1v) is 9.17. The zero-order valence-electron chi connectivity index (χ0n) is 15.0. The van der Waals surface area contributed by atoms with E-state index in [2.05, 4.69) is 5.32 Å². The van der Waals surface area contributed by atoms with Crippen molar-refractivity contribution in [3.63, 3.8) is 0 Å². The molecule has 0 radical (unpaired) electrons. The summed E-state index contributed by atoms with van der Waals surface area (Å²) < 4.78 is 28.1. The molecule has 0 fully saturated rings. The van der Waals surface area contributed by atoms with Crippen molar-refractivity contribution in [2.24, 2.45) is 0 Å². The van der Waals surface area contributed by atoms with Gasteiger partial charge in [0, 0.05) is 11.8 Å². The molecule has 0 heterocycles. The van der Waals surface area contributed by atoms with Crippen molar-refractivity contribution >= 4 is 29.3 Å². The van der Waals surface area contributed by atoms with Gasteiger partial charge in [0.15, 0.2) is 6.61 Å². The summed E-state index contributed by atoms with van der Waals surface area (Å²) in [6, 6.07) is 11.0. The minimum atomic E-state index is -0.505. The maximum absolute atomic E-state index is 12.8. The predicted octanol–water partition coefficient (Wildman–Crippen LogP) is 3.26. The van der Waals surface area contributed by atoms with Gasteiger partial charge in [0.05, 0.1) is 25.7 Å². The van der Waals surface area contributed by atoms with Crippen LogP contribution in [0.3, 0.4) is 0 Å². The number of hydrogen-bond acceptors (Lipinski definition) is 6. The molecule has 2 aromatic rings. The van der Waals surface area contributed by atoms with E-state index in [1.807, 2.05) is 0 Å². The second-order valence-corrected chi connectivity index (χ2v) is 6.38. The molecule has 1 N–H and O–H groups in total. The summed E-state index contributed by atoms with van der Waals surface area (Å²) in [4.78, 5) is 23.7. The molecule has 2 rings (SSSR count). The van der Waals surface area contributed by atoms with Crippen LogP contribution in [0, 0.1) is 5.82 Å². The molecule has 0 bridgehead atoms. The van der Waals surface area contributed by atoms with Crippen LogP contribution in [0.4, 0.5) is 10.1 Å². The monoisotopic (exact) mass is 393 g/mol. The van der Waals surface area contributed by atoms with Gasteiger partial charge in [-0.2, -0.15) is 0 Å². The fourth-order valence-corrected chi connectivity index (χ4v) is 2.90. The molecular weight excluding hydrogens is 373 g/mol. The Morgan fingerprint density at radius 2 is 1.81 bits per heavy atom. The van der Waals surface area contributed by atoms with Crippen LogP contribution in [0.15, 0.2) is 42.5 Å². The molecule has 8 heteroatoms. The number of ether oxygens (including phenoxy) is 3. The quantitative estimate of drug-likeness (QED) is 0.659. The summed E-state index contributed by atoms with van der Waals surface area (Å²) in [5.74, 6) is 0.358. The topological polar surface area (TPSA) is 73.9 Å². The van der Waals surface area contributed by atoms with Crippen molar-refractivity contribution in [3.8, 4) is 11.5 Å². The minimum absolute atomic E-state index is 0.0904. The number of benzene rings is 2. The molecule has 0 aliphatic carbocycles. The lowest BCUT2D eigenvalue weighted by Gasteiger charge is -2.12. The van der Waals surface area contributed by atoms with Crippen molar-refractivity contribution < 1.29 is 28.2 Å². The average molecular weight is 393 g/mol. The lowest BCUT2D eigenvalue weighted by molar-refractivity contribution is -0.144. The molecule has 0 aliphatic rings. The molecule has 27 heavy (non-hydrogen) atoms. The lowest BCUT2D eigenvalue weighted by atomic mass is 10.2. The lowest BCUT2D eigenvalue weighted by Crippen LogP contribution is -2.22.